The van der Waals surface area contributed by atoms with Crippen LogP contribution in [-0.2, 0) is 23.0 Å². The molecule has 9 nitrogen and oxygen atoms in total. The molecule has 0 bridgehead atoms. The van der Waals surface area contributed by atoms with E-state index in [0.717, 1.165) is 12.8 Å². The summed E-state index contributed by atoms with van der Waals surface area (Å²) >= 11 is 0. The van der Waals surface area contributed by atoms with Gasteiger partial charge in [-0.15, -0.1) is 0 Å². The van der Waals surface area contributed by atoms with E-state index in [1.165, 1.54) is 28.1 Å². The predicted molar refractivity (Wildman–Crippen MR) is 98.0 cm³/mol. The number of sulfonamides is 1. The largest absolute Gasteiger partial charge is 0.420 e. The average Bonchev–Trinajstić information content (AvgIpc) is 3.23. The van der Waals surface area contributed by atoms with Crippen molar-refractivity contribution in [2.75, 3.05) is 13.6 Å². The fourth-order valence-electron chi connectivity index (χ4n) is 2.68. The zero-order valence-corrected chi connectivity index (χ0v) is 16.3. The molecule has 0 radical (unpaired) electrons. The van der Waals surface area contributed by atoms with Gasteiger partial charge >= 0.3 is 5.76 Å². The Balaban J connectivity index is 1.94. The minimum atomic E-state index is -3.64. The summed E-state index contributed by atoms with van der Waals surface area (Å²) in [6, 6.07) is 4.40. The topological polar surface area (TPSA) is 111 Å². The molecule has 0 atom stereocenters. The van der Waals surface area contributed by atoms with Crippen molar-refractivity contribution in [3.63, 3.8) is 0 Å². The van der Waals surface area contributed by atoms with Gasteiger partial charge in [0.1, 0.15) is 0 Å². The van der Waals surface area contributed by atoms with Gasteiger partial charge in [0.05, 0.1) is 17.0 Å². The molecule has 0 saturated carbocycles. The predicted octanol–water partition coefficient (Wildman–Crippen LogP) is 2.01. The molecule has 0 spiro atoms. The smallest absolute Gasteiger partial charge is 0.408 e. The third-order valence-corrected chi connectivity index (χ3v) is 6.14. The molecule has 2 aromatic heterocycles. The lowest BCUT2D eigenvalue weighted by Crippen LogP contribution is -2.27. The molecule has 0 aliphatic rings. The van der Waals surface area contributed by atoms with E-state index in [4.69, 9.17) is 8.94 Å². The van der Waals surface area contributed by atoms with Crippen LogP contribution >= 0.6 is 0 Å². The Morgan fingerprint density at radius 1 is 1.26 bits per heavy atom. The van der Waals surface area contributed by atoms with Crippen molar-refractivity contribution < 1.29 is 17.4 Å². The second kappa shape index (κ2) is 7.65. The lowest BCUT2D eigenvalue weighted by Gasteiger charge is -2.16. The molecule has 0 aliphatic carbocycles. The number of oxazole rings is 1. The highest BCUT2D eigenvalue weighted by molar-refractivity contribution is 7.89. The molecule has 0 amide bonds. The minimum Gasteiger partial charge on any atom is -0.408 e. The summed E-state index contributed by atoms with van der Waals surface area (Å²) in [5, 5.41) is 3.83. The van der Waals surface area contributed by atoms with Crippen LogP contribution in [0.3, 0.4) is 0 Å². The summed E-state index contributed by atoms with van der Waals surface area (Å²) in [5.74, 6) is 0.226. The van der Waals surface area contributed by atoms with Crippen LogP contribution in [0.15, 0.2) is 36.8 Å². The first-order valence-corrected chi connectivity index (χ1v) is 10.2. The zero-order valence-electron chi connectivity index (χ0n) is 15.5. The van der Waals surface area contributed by atoms with E-state index < -0.39 is 15.8 Å². The molecule has 2 heterocycles. The molecule has 3 rings (SSSR count). The molecule has 0 aliphatic heterocycles. The Hall–Kier alpha value is -2.46. The summed E-state index contributed by atoms with van der Waals surface area (Å²) in [6.45, 7) is 4.39. The van der Waals surface area contributed by atoms with E-state index >= 15 is 0 Å². The summed E-state index contributed by atoms with van der Waals surface area (Å²) in [5.41, 5.74) is 0.669. The molecular weight excluding hydrogens is 372 g/mol. The van der Waals surface area contributed by atoms with Crippen LogP contribution in [0.1, 0.15) is 38.4 Å². The Bertz CT molecular complexity index is 1100. The number of benzene rings is 1. The zero-order chi connectivity index (χ0) is 19.6. The Morgan fingerprint density at radius 2 is 2.04 bits per heavy atom. The minimum absolute atomic E-state index is 0.0812. The van der Waals surface area contributed by atoms with Gasteiger partial charge in [-0.3, -0.25) is 4.57 Å². The third kappa shape index (κ3) is 3.81. The Labute approximate surface area is 156 Å². The number of unbranched alkanes of at least 4 members (excludes halogenated alkanes) is 1. The first kappa shape index (κ1) is 19.3. The number of rotatable bonds is 8. The first-order chi connectivity index (χ1) is 12.9. The van der Waals surface area contributed by atoms with Crippen LogP contribution in [-0.4, -0.2) is 41.0 Å². The van der Waals surface area contributed by atoms with Gasteiger partial charge in [0, 0.05) is 26.1 Å². The van der Waals surface area contributed by atoms with Gasteiger partial charge in [-0.1, -0.05) is 25.4 Å². The van der Waals surface area contributed by atoms with Crippen LogP contribution in [0.4, 0.5) is 0 Å². The lowest BCUT2D eigenvalue weighted by molar-refractivity contribution is 0.375. The van der Waals surface area contributed by atoms with Crippen molar-refractivity contribution in [1.82, 2.24) is 19.0 Å². The monoisotopic (exact) mass is 394 g/mol. The first-order valence-electron chi connectivity index (χ1n) is 8.78. The summed E-state index contributed by atoms with van der Waals surface area (Å²) in [7, 11) is -2.10. The molecule has 10 heteroatoms. The van der Waals surface area contributed by atoms with E-state index in [1.54, 1.807) is 6.07 Å². The van der Waals surface area contributed by atoms with Crippen LogP contribution in [0.25, 0.3) is 11.1 Å². The SMILES string of the molecule is CCCCN(C)S(=O)(=O)c1ccc2c(c1)oc(=O)n2Cc1noc(CC)n1. The maximum atomic E-state index is 12.7. The highest BCUT2D eigenvalue weighted by Gasteiger charge is 2.22. The van der Waals surface area contributed by atoms with Crippen molar-refractivity contribution in [3.8, 4) is 0 Å². The lowest BCUT2D eigenvalue weighted by atomic mass is 10.3. The molecule has 146 valence electrons. The summed E-state index contributed by atoms with van der Waals surface area (Å²) in [4.78, 5) is 16.5. The summed E-state index contributed by atoms with van der Waals surface area (Å²) < 4.78 is 38.3. The number of fused-ring (bicyclic) bond motifs is 1. The van der Waals surface area contributed by atoms with E-state index in [9.17, 15) is 13.2 Å². The quantitative estimate of drug-likeness (QED) is 0.574. The van der Waals surface area contributed by atoms with Crippen molar-refractivity contribution in [2.45, 2.75) is 44.6 Å². The number of aryl methyl sites for hydroxylation is 1. The number of hydrogen-bond donors (Lipinski definition) is 0. The maximum absolute atomic E-state index is 12.7. The molecule has 27 heavy (non-hydrogen) atoms. The van der Waals surface area contributed by atoms with Crippen molar-refractivity contribution in [1.29, 1.82) is 0 Å². The molecule has 1 aromatic carbocycles. The van der Waals surface area contributed by atoms with Crippen LogP contribution in [0.5, 0.6) is 0 Å². The van der Waals surface area contributed by atoms with Crippen LogP contribution in [0.2, 0.25) is 0 Å². The normalized spacial score (nSPS) is 12.3. The van der Waals surface area contributed by atoms with Gasteiger partial charge in [0.25, 0.3) is 0 Å². The molecule has 3 aromatic rings. The second-order valence-corrected chi connectivity index (χ2v) is 8.27. The fourth-order valence-corrected chi connectivity index (χ4v) is 3.90. The highest BCUT2D eigenvalue weighted by atomic mass is 32.2. The van der Waals surface area contributed by atoms with Crippen molar-refractivity contribution in [3.05, 3.63) is 40.5 Å². The Kier molecular flexibility index (Phi) is 5.47. The number of nitrogens with zero attached hydrogens (tertiary/aromatic N) is 4. The van der Waals surface area contributed by atoms with E-state index in [2.05, 4.69) is 10.1 Å². The molecule has 0 N–H and O–H groups in total. The average molecular weight is 394 g/mol. The highest BCUT2D eigenvalue weighted by Crippen LogP contribution is 2.21. The number of hydrogen-bond acceptors (Lipinski definition) is 7. The van der Waals surface area contributed by atoms with Gasteiger partial charge in [-0.05, 0) is 18.6 Å². The van der Waals surface area contributed by atoms with Crippen molar-refractivity contribution in [2.24, 2.45) is 0 Å². The van der Waals surface area contributed by atoms with Gasteiger partial charge in [-0.2, -0.15) is 4.98 Å². The molecule has 0 unspecified atom stereocenters. The second-order valence-electron chi connectivity index (χ2n) is 6.22. The van der Waals surface area contributed by atoms with Crippen LogP contribution in [0, 0.1) is 0 Å². The van der Waals surface area contributed by atoms with Gasteiger partial charge < -0.3 is 8.94 Å². The molecule has 0 fully saturated rings. The maximum Gasteiger partial charge on any atom is 0.420 e. The third-order valence-electron chi connectivity index (χ3n) is 4.29. The Morgan fingerprint density at radius 3 is 2.70 bits per heavy atom. The summed E-state index contributed by atoms with van der Waals surface area (Å²) in [6.07, 6.45) is 2.27. The number of aromatic nitrogens is 3. The van der Waals surface area contributed by atoms with Crippen LogP contribution < -0.4 is 5.76 Å². The van der Waals surface area contributed by atoms with E-state index in [0.29, 0.717) is 30.2 Å². The molecular formula is C17H22N4O5S. The van der Waals surface area contributed by atoms with Gasteiger partial charge in [0.15, 0.2) is 11.4 Å². The van der Waals surface area contributed by atoms with E-state index in [1.807, 2.05) is 13.8 Å². The van der Waals surface area contributed by atoms with E-state index in [-0.39, 0.29) is 17.0 Å². The molecule has 0 saturated heterocycles. The van der Waals surface area contributed by atoms with Gasteiger partial charge in [-0.25, -0.2) is 17.5 Å². The fraction of sp³-hybridized carbons (Fsp3) is 0.471. The standard InChI is InChI=1S/C17H22N4O5S/c1-4-6-9-20(3)27(23,24)12-7-8-13-14(10-12)25-17(22)21(13)11-15-18-16(5-2)26-19-15/h7-8,10H,4-6,9,11H2,1-3H3. The van der Waals surface area contributed by atoms with Crippen molar-refractivity contribution >= 4 is 21.1 Å². The van der Waals surface area contributed by atoms with Gasteiger partial charge in [0.2, 0.25) is 15.9 Å².